The summed E-state index contributed by atoms with van der Waals surface area (Å²) in [5.41, 5.74) is 5.97. The Labute approximate surface area is 181 Å². The molecule has 0 radical (unpaired) electrons. The second kappa shape index (κ2) is 9.20. The van der Waals surface area contributed by atoms with Crippen molar-refractivity contribution in [1.29, 1.82) is 0 Å². The zero-order chi connectivity index (χ0) is 22.0. The van der Waals surface area contributed by atoms with E-state index in [2.05, 4.69) is 17.4 Å². The fraction of sp³-hybridized carbons (Fsp3) is 0.609. The molecule has 5 nitrogen and oxygen atoms in total. The van der Waals surface area contributed by atoms with Gasteiger partial charge in [0.1, 0.15) is 5.76 Å². The van der Waals surface area contributed by atoms with Gasteiger partial charge in [-0.2, -0.15) is 18.3 Å². The Morgan fingerprint density at radius 1 is 1.13 bits per heavy atom. The number of hydrazone groups is 1. The lowest BCUT2D eigenvalue weighted by Gasteiger charge is -2.35. The van der Waals surface area contributed by atoms with Gasteiger partial charge < -0.3 is 10.0 Å². The highest BCUT2D eigenvalue weighted by Gasteiger charge is 2.34. The Morgan fingerprint density at radius 2 is 1.94 bits per heavy atom. The highest BCUT2D eigenvalue weighted by Crippen LogP contribution is 2.36. The largest absolute Gasteiger partial charge is 0.507 e. The van der Waals surface area contributed by atoms with Crippen LogP contribution in [0, 0.1) is 0 Å². The van der Waals surface area contributed by atoms with Gasteiger partial charge in [0.05, 0.1) is 17.8 Å². The van der Waals surface area contributed by atoms with Crippen molar-refractivity contribution in [3.63, 3.8) is 0 Å². The molecule has 0 spiro atoms. The van der Waals surface area contributed by atoms with Crippen LogP contribution in [0.1, 0.15) is 51.4 Å². The first-order valence-electron chi connectivity index (χ1n) is 11.2. The molecule has 2 aliphatic heterocycles. The molecule has 0 aromatic rings. The average molecular weight is 437 g/mol. The first-order chi connectivity index (χ1) is 14.8. The predicted octanol–water partition coefficient (Wildman–Crippen LogP) is 4.78. The standard InChI is InChI=1S/C23H31F3N4O/c1-29-12-5-9-18(15-29)27-30-13-11-20-21(31)14-17(23(24,25)26)8-4-7-16-6-2-3-10-19(16)22(20)28-30/h8,11,14,18,27,31H,2-7,9-10,12-13,15H2,1H3/b17-8+,21-14+/t18-/m1/s1. The van der Waals surface area contributed by atoms with Crippen LogP contribution in [0.4, 0.5) is 13.2 Å². The van der Waals surface area contributed by atoms with Crippen molar-refractivity contribution < 1.29 is 18.3 Å². The summed E-state index contributed by atoms with van der Waals surface area (Å²) in [6, 6.07) is 0.279. The van der Waals surface area contributed by atoms with E-state index in [1.165, 1.54) is 11.6 Å². The molecule has 2 N–H and O–H groups in total. The van der Waals surface area contributed by atoms with Gasteiger partial charge in [0.25, 0.3) is 0 Å². The van der Waals surface area contributed by atoms with Gasteiger partial charge in [0.15, 0.2) is 0 Å². The van der Waals surface area contributed by atoms with E-state index in [1.54, 1.807) is 11.2 Å². The van der Waals surface area contributed by atoms with Crippen molar-refractivity contribution in [1.82, 2.24) is 15.4 Å². The molecule has 4 rings (SSSR count). The van der Waals surface area contributed by atoms with Crippen molar-refractivity contribution in [2.45, 2.75) is 63.6 Å². The number of nitrogens with zero attached hydrogens (tertiary/aromatic N) is 3. The minimum atomic E-state index is -4.50. The molecule has 2 aliphatic carbocycles. The highest BCUT2D eigenvalue weighted by molar-refractivity contribution is 6.15. The molecule has 8 heteroatoms. The van der Waals surface area contributed by atoms with Gasteiger partial charge in [-0.15, -0.1) is 0 Å². The summed E-state index contributed by atoms with van der Waals surface area (Å²) in [5, 5.41) is 17.3. The van der Waals surface area contributed by atoms with Crippen molar-refractivity contribution in [3.8, 4) is 0 Å². The maximum atomic E-state index is 13.5. The SMILES string of the molecule is CN1CCC[C@@H](NN2CC=C3C(=N2)C2=C(CC/C=C(C(F)(F)F)\C=C/3O)CCCC2)C1. The third-order valence-electron chi connectivity index (χ3n) is 6.47. The fourth-order valence-electron chi connectivity index (χ4n) is 4.92. The molecule has 0 aromatic carbocycles. The zero-order valence-electron chi connectivity index (χ0n) is 18.0. The maximum absolute atomic E-state index is 13.5. The molecule has 2 heterocycles. The minimum absolute atomic E-state index is 0.279. The van der Waals surface area contributed by atoms with Gasteiger partial charge in [-0.3, -0.25) is 0 Å². The first-order valence-corrected chi connectivity index (χ1v) is 11.2. The lowest BCUT2D eigenvalue weighted by molar-refractivity contribution is -0.0886. The van der Waals surface area contributed by atoms with Gasteiger partial charge in [-0.25, -0.2) is 10.5 Å². The number of likely N-dealkylation sites (N-methyl/N-ethyl adjacent to an activating group) is 1. The number of halogens is 3. The normalized spacial score (nSPS) is 29.7. The van der Waals surface area contributed by atoms with Crippen LogP contribution in [0.2, 0.25) is 0 Å². The second-order valence-corrected chi connectivity index (χ2v) is 8.89. The summed E-state index contributed by atoms with van der Waals surface area (Å²) in [6.45, 7) is 2.40. The Kier molecular flexibility index (Phi) is 6.57. The maximum Gasteiger partial charge on any atom is 0.416 e. The molecule has 0 amide bonds. The number of aliphatic hydroxyl groups is 1. The number of nitrogens with one attached hydrogen (secondary N) is 1. The van der Waals surface area contributed by atoms with Crippen LogP contribution in [0.25, 0.3) is 0 Å². The van der Waals surface area contributed by atoms with Crippen LogP contribution in [0.3, 0.4) is 0 Å². The van der Waals surface area contributed by atoms with E-state index in [0.717, 1.165) is 63.3 Å². The molecule has 0 saturated carbocycles. The van der Waals surface area contributed by atoms with E-state index in [1.807, 2.05) is 0 Å². The number of alkyl halides is 3. The van der Waals surface area contributed by atoms with Crippen molar-refractivity contribution in [2.75, 3.05) is 26.7 Å². The molecule has 0 unspecified atom stereocenters. The number of hydrogen-bond acceptors (Lipinski definition) is 5. The number of aliphatic hydroxyl groups excluding tert-OH is 1. The quantitative estimate of drug-likeness (QED) is 0.654. The van der Waals surface area contributed by atoms with E-state index in [9.17, 15) is 18.3 Å². The first kappa shape index (κ1) is 22.1. The lowest BCUT2D eigenvalue weighted by Crippen LogP contribution is -2.50. The number of rotatable bonds is 2. The van der Waals surface area contributed by atoms with E-state index >= 15 is 0 Å². The smallest absolute Gasteiger partial charge is 0.416 e. The summed E-state index contributed by atoms with van der Waals surface area (Å²) in [4.78, 5) is 2.28. The van der Waals surface area contributed by atoms with E-state index in [0.29, 0.717) is 30.7 Å². The number of likely N-dealkylation sites (tertiary alicyclic amines) is 1. The predicted molar refractivity (Wildman–Crippen MR) is 115 cm³/mol. The van der Waals surface area contributed by atoms with Crippen LogP contribution in [-0.4, -0.2) is 59.7 Å². The van der Waals surface area contributed by atoms with Crippen LogP contribution in [0.15, 0.2) is 51.4 Å². The molecule has 170 valence electrons. The third kappa shape index (κ3) is 5.23. The highest BCUT2D eigenvalue weighted by atomic mass is 19.4. The van der Waals surface area contributed by atoms with Crippen LogP contribution >= 0.6 is 0 Å². The van der Waals surface area contributed by atoms with Crippen molar-refractivity contribution in [3.05, 3.63) is 46.3 Å². The Bertz CT molecular complexity index is 853. The third-order valence-corrected chi connectivity index (χ3v) is 6.47. The summed E-state index contributed by atoms with van der Waals surface area (Å²) >= 11 is 0. The second-order valence-electron chi connectivity index (χ2n) is 8.89. The van der Waals surface area contributed by atoms with Gasteiger partial charge >= 0.3 is 6.18 Å². The topological polar surface area (TPSA) is 51.1 Å². The molecular formula is C23H31F3N4O. The molecule has 4 aliphatic rings. The molecule has 31 heavy (non-hydrogen) atoms. The number of hydrogen-bond donors (Lipinski definition) is 2. The van der Waals surface area contributed by atoms with E-state index < -0.39 is 11.7 Å². The number of piperidine rings is 1. The number of hydrazine groups is 1. The average Bonchev–Trinajstić information content (AvgIpc) is 2.72. The van der Waals surface area contributed by atoms with Gasteiger partial charge in [-0.05, 0) is 82.7 Å². The monoisotopic (exact) mass is 436 g/mol. The molecule has 1 fully saturated rings. The summed E-state index contributed by atoms with van der Waals surface area (Å²) in [7, 11) is 2.10. The van der Waals surface area contributed by atoms with Crippen molar-refractivity contribution in [2.24, 2.45) is 5.10 Å². The van der Waals surface area contributed by atoms with Crippen LogP contribution in [0.5, 0.6) is 0 Å². The van der Waals surface area contributed by atoms with E-state index in [4.69, 9.17) is 5.10 Å². The minimum Gasteiger partial charge on any atom is -0.507 e. The fourth-order valence-corrected chi connectivity index (χ4v) is 4.92. The molecule has 1 saturated heterocycles. The van der Waals surface area contributed by atoms with Crippen molar-refractivity contribution >= 4 is 5.71 Å². The van der Waals surface area contributed by atoms with Gasteiger partial charge in [-0.1, -0.05) is 11.6 Å². The van der Waals surface area contributed by atoms with Crippen LogP contribution < -0.4 is 5.43 Å². The molecule has 0 bridgehead atoms. The molecular weight excluding hydrogens is 405 g/mol. The van der Waals surface area contributed by atoms with Gasteiger partial charge in [0, 0.05) is 18.2 Å². The molecule has 0 aromatic heterocycles. The van der Waals surface area contributed by atoms with E-state index in [-0.39, 0.29) is 11.8 Å². The Balaban J connectivity index is 1.68. The summed E-state index contributed by atoms with van der Waals surface area (Å²) < 4.78 is 40.4. The number of allylic oxidation sites excluding steroid dienone is 6. The Morgan fingerprint density at radius 3 is 2.71 bits per heavy atom. The Hall–Kier alpha value is -2.06. The lowest BCUT2D eigenvalue weighted by atomic mass is 9.83. The summed E-state index contributed by atoms with van der Waals surface area (Å²) in [6.07, 6.45) is 6.22. The summed E-state index contributed by atoms with van der Waals surface area (Å²) in [5.74, 6) is -0.362. The number of fused-ring (bicyclic) bond motifs is 2. The zero-order valence-corrected chi connectivity index (χ0v) is 18.0. The van der Waals surface area contributed by atoms with Crippen LogP contribution in [-0.2, 0) is 0 Å². The molecule has 1 atom stereocenters. The van der Waals surface area contributed by atoms with Gasteiger partial charge in [0.2, 0.25) is 0 Å².